The third-order valence-electron chi connectivity index (χ3n) is 2.85. The van der Waals surface area contributed by atoms with Crippen LogP contribution in [0.5, 0.6) is 0 Å². The second-order valence-electron chi connectivity index (χ2n) is 3.96. The average Bonchev–Trinajstić information content (AvgIpc) is 2.69. The van der Waals surface area contributed by atoms with Crippen molar-refractivity contribution in [1.82, 2.24) is 0 Å². The molecule has 1 heteroatoms. The van der Waals surface area contributed by atoms with Gasteiger partial charge in [-0.15, -0.1) is 0 Å². The van der Waals surface area contributed by atoms with Gasteiger partial charge in [-0.3, -0.25) is 0 Å². The summed E-state index contributed by atoms with van der Waals surface area (Å²) in [5, 5.41) is 0. The minimum Gasteiger partial charge on any atom is -0.384 e. The van der Waals surface area contributed by atoms with Crippen molar-refractivity contribution in [2.45, 2.75) is 33.1 Å². The Balaban J connectivity index is 2.03. The maximum absolute atomic E-state index is 5.11. The Bertz CT molecular complexity index is 111. The molecule has 0 saturated heterocycles. The van der Waals surface area contributed by atoms with Crippen LogP contribution in [0.25, 0.3) is 0 Å². The zero-order chi connectivity index (χ0) is 8.27. The van der Waals surface area contributed by atoms with Gasteiger partial charge in [-0.1, -0.05) is 20.3 Å². The fourth-order valence-corrected chi connectivity index (χ4v) is 1.70. The number of ether oxygens (including phenoxy) is 1. The third-order valence-corrected chi connectivity index (χ3v) is 2.85. The molecule has 1 fully saturated rings. The van der Waals surface area contributed by atoms with Crippen LogP contribution in [0.2, 0.25) is 0 Å². The zero-order valence-corrected chi connectivity index (χ0v) is 7.97. The second kappa shape index (κ2) is 4.10. The van der Waals surface area contributed by atoms with Crippen molar-refractivity contribution in [3.8, 4) is 0 Å². The van der Waals surface area contributed by atoms with E-state index >= 15 is 0 Å². The number of methoxy groups -OCH3 is 1. The first-order valence-corrected chi connectivity index (χ1v) is 4.76. The lowest BCUT2D eigenvalue weighted by Gasteiger charge is -2.06. The van der Waals surface area contributed by atoms with E-state index in [0.29, 0.717) is 0 Å². The molecule has 1 nitrogen and oxygen atoms in total. The van der Waals surface area contributed by atoms with E-state index in [1.165, 1.54) is 19.3 Å². The maximum Gasteiger partial charge on any atom is 0.0493 e. The van der Waals surface area contributed by atoms with Gasteiger partial charge in [0.15, 0.2) is 0 Å². The summed E-state index contributed by atoms with van der Waals surface area (Å²) in [4.78, 5) is 0. The molecule has 0 aromatic heterocycles. The largest absolute Gasteiger partial charge is 0.384 e. The van der Waals surface area contributed by atoms with Crippen LogP contribution in [-0.4, -0.2) is 13.7 Å². The minimum atomic E-state index is 0.897. The Kier molecular flexibility index (Phi) is 3.38. The molecule has 3 unspecified atom stereocenters. The average molecular weight is 156 g/mol. The predicted molar refractivity (Wildman–Crippen MR) is 47.5 cm³/mol. The molecule has 0 spiro atoms. The fraction of sp³-hybridized carbons (Fsp3) is 1.00. The lowest BCUT2D eigenvalue weighted by Crippen LogP contribution is -1.98. The summed E-state index contributed by atoms with van der Waals surface area (Å²) in [5.41, 5.74) is 0. The summed E-state index contributed by atoms with van der Waals surface area (Å²) >= 11 is 0. The second-order valence-corrected chi connectivity index (χ2v) is 3.96. The molecular weight excluding hydrogens is 136 g/mol. The van der Waals surface area contributed by atoms with E-state index < -0.39 is 0 Å². The molecular formula is C10H20O. The Morgan fingerprint density at radius 1 is 1.45 bits per heavy atom. The molecule has 1 aliphatic carbocycles. The van der Waals surface area contributed by atoms with Crippen molar-refractivity contribution in [2.24, 2.45) is 17.8 Å². The lowest BCUT2D eigenvalue weighted by molar-refractivity contribution is 0.179. The monoisotopic (exact) mass is 156 g/mol. The van der Waals surface area contributed by atoms with Crippen molar-refractivity contribution < 1.29 is 4.74 Å². The highest BCUT2D eigenvalue weighted by molar-refractivity contribution is 4.86. The summed E-state index contributed by atoms with van der Waals surface area (Å²) in [6, 6.07) is 0. The summed E-state index contributed by atoms with van der Waals surface area (Å²) in [5.74, 6) is 2.81. The number of hydrogen-bond acceptors (Lipinski definition) is 1. The van der Waals surface area contributed by atoms with Crippen molar-refractivity contribution in [3.63, 3.8) is 0 Å². The highest BCUT2D eigenvalue weighted by Crippen LogP contribution is 2.43. The van der Waals surface area contributed by atoms with Gasteiger partial charge in [0.2, 0.25) is 0 Å². The summed E-state index contributed by atoms with van der Waals surface area (Å²) in [7, 11) is 1.80. The van der Waals surface area contributed by atoms with Crippen LogP contribution in [0.1, 0.15) is 33.1 Å². The van der Waals surface area contributed by atoms with Gasteiger partial charge in [-0.2, -0.15) is 0 Å². The van der Waals surface area contributed by atoms with Gasteiger partial charge in [-0.25, -0.2) is 0 Å². The van der Waals surface area contributed by atoms with Gasteiger partial charge in [-0.05, 0) is 30.6 Å². The van der Waals surface area contributed by atoms with Crippen LogP contribution in [0.3, 0.4) is 0 Å². The van der Waals surface area contributed by atoms with Crippen LogP contribution < -0.4 is 0 Å². The maximum atomic E-state index is 5.11. The molecule has 0 aromatic carbocycles. The normalized spacial score (nSPS) is 31.9. The summed E-state index contributed by atoms with van der Waals surface area (Å²) in [6.45, 7) is 5.61. The standard InChI is InChI=1S/C10H20O/c1-4-8(2)5-9-6-10(9)7-11-3/h8-10H,4-7H2,1-3H3. The molecule has 1 rings (SSSR count). The van der Waals surface area contributed by atoms with E-state index in [4.69, 9.17) is 4.74 Å². The van der Waals surface area contributed by atoms with Gasteiger partial charge in [0.25, 0.3) is 0 Å². The van der Waals surface area contributed by atoms with E-state index in [1.54, 1.807) is 7.11 Å². The van der Waals surface area contributed by atoms with E-state index in [0.717, 1.165) is 24.4 Å². The lowest BCUT2D eigenvalue weighted by atomic mass is 10.0. The number of hydrogen-bond donors (Lipinski definition) is 0. The van der Waals surface area contributed by atoms with Crippen molar-refractivity contribution >= 4 is 0 Å². The molecule has 0 aromatic rings. The molecule has 66 valence electrons. The fourth-order valence-electron chi connectivity index (χ4n) is 1.70. The van der Waals surface area contributed by atoms with Crippen molar-refractivity contribution in [3.05, 3.63) is 0 Å². The summed E-state index contributed by atoms with van der Waals surface area (Å²) < 4.78 is 5.11. The molecule has 3 atom stereocenters. The van der Waals surface area contributed by atoms with Gasteiger partial charge in [0.05, 0.1) is 0 Å². The molecule has 0 radical (unpaired) electrons. The van der Waals surface area contributed by atoms with Gasteiger partial charge >= 0.3 is 0 Å². The van der Waals surface area contributed by atoms with E-state index in [1.807, 2.05) is 0 Å². The quantitative estimate of drug-likeness (QED) is 0.594. The Morgan fingerprint density at radius 3 is 2.73 bits per heavy atom. The van der Waals surface area contributed by atoms with Crippen LogP contribution in [0.4, 0.5) is 0 Å². The molecule has 0 aliphatic heterocycles. The van der Waals surface area contributed by atoms with Crippen LogP contribution in [-0.2, 0) is 4.74 Å². The molecule has 11 heavy (non-hydrogen) atoms. The van der Waals surface area contributed by atoms with Crippen LogP contribution >= 0.6 is 0 Å². The molecule has 1 aliphatic rings. The van der Waals surface area contributed by atoms with E-state index in [-0.39, 0.29) is 0 Å². The van der Waals surface area contributed by atoms with Crippen molar-refractivity contribution in [1.29, 1.82) is 0 Å². The first kappa shape index (κ1) is 9.05. The summed E-state index contributed by atoms with van der Waals surface area (Å²) in [6.07, 6.45) is 4.17. The van der Waals surface area contributed by atoms with Crippen LogP contribution in [0, 0.1) is 17.8 Å². The minimum absolute atomic E-state index is 0.897. The van der Waals surface area contributed by atoms with E-state index in [2.05, 4.69) is 13.8 Å². The highest BCUT2D eigenvalue weighted by Gasteiger charge is 2.36. The topological polar surface area (TPSA) is 9.23 Å². The smallest absolute Gasteiger partial charge is 0.0493 e. The van der Waals surface area contributed by atoms with Gasteiger partial charge < -0.3 is 4.74 Å². The van der Waals surface area contributed by atoms with E-state index in [9.17, 15) is 0 Å². The Hall–Kier alpha value is -0.0400. The predicted octanol–water partition coefficient (Wildman–Crippen LogP) is 2.71. The first-order chi connectivity index (χ1) is 5.27. The van der Waals surface area contributed by atoms with Crippen LogP contribution in [0.15, 0.2) is 0 Å². The molecule has 0 amide bonds. The SMILES string of the molecule is CCC(C)CC1CC1COC. The third kappa shape index (κ3) is 2.82. The zero-order valence-electron chi connectivity index (χ0n) is 7.97. The molecule has 1 saturated carbocycles. The Morgan fingerprint density at radius 2 is 2.18 bits per heavy atom. The van der Waals surface area contributed by atoms with Crippen molar-refractivity contribution in [2.75, 3.05) is 13.7 Å². The van der Waals surface area contributed by atoms with Gasteiger partial charge in [0, 0.05) is 13.7 Å². The van der Waals surface area contributed by atoms with Gasteiger partial charge in [0.1, 0.15) is 0 Å². The Labute approximate surface area is 70.1 Å². The number of rotatable bonds is 5. The highest BCUT2D eigenvalue weighted by atomic mass is 16.5. The molecule has 0 heterocycles. The molecule has 0 N–H and O–H groups in total. The molecule has 0 bridgehead atoms. The first-order valence-electron chi connectivity index (χ1n) is 4.76.